The first-order valence-electron chi connectivity index (χ1n) is 7.85. The third-order valence-electron chi connectivity index (χ3n) is 3.25. The van der Waals surface area contributed by atoms with Gasteiger partial charge >= 0.3 is 0 Å². The Labute approximate surface area is 119 Å². The molecule has 0 fully saturated rings. The predicted molar refractivity (Wildman–Crippen MR) is 83.2 cm³/mol. The molecule has 0 spiro atoms. The Morgan fingerprint density at radius 3 is 2.00 bits per heavy atom. The molecule has 0 aliphatic carbocycles. The van der Waals surface area contributed by atoms with Crippen molar-refractivity contribution in [3.63, 3.8) is 0 Å². The number of rotatable bonds is 10. The predicted octanol–water partition coefficient (Wildman–Crippen LogP) is 4.52. The molecule has 3 heteroatoms. The van der Waals surface area contributed by atoms with Gasteiger partial charge in [0.1, 0.15) is 0 Å². The van der Waals surface area contributed by atoms with Crippen molar-refractivity contribution >= 4 is 11.6 Å². The highest BCUT2D eigenvalue weighted by Crippen LogP contribution is 2.08. The third-order valence-corrected chi connectivity index (χ3v) is 3.25. The third kappa shape index (κ3) is 9.69. The minimum atomic E-state index is 0.0503. The topological polar surface area (TPSA) is 41.5 Å². The van der Waals surface area contributed by atoms with Crippen LogP contribution in [0.1, 0.15) is 79.6 Å². The van der Waals surface area contributed by atoms with E-state index in [-0.39, 0.29) is 5.91 Å². The minimum Gasteiger partial charge on any atom is -0.273 e. The molecule has 1 amide bonds. The molecule has 0 bridgehead atoms. The molecule has 0 aliphatic rings. The number of amides is 1. The number of nitrogens with zero attached hydrogens (tertiary/aromatic N) is 1. The fourth-order valence-corrected chi connectivity index (χ4v) is 2.17. The van der Waals surface area contributed by atoms with Gasteiger partial charge in [-0.25, -0.2) is 5.43 Å². The van der Waals surface area contributed by atoms with Gasteiger partial charge < -0.3 is 0 Å². The van der Waals surface area contributed by atoms with Crippen LogP contribution < -0.4 is 5.43 Å². The van der Waals surface area contributed by atoms with Crippen molar-refractivity contribution in [1.29, 1.82) is 0 Å². The van der Waals surface area contributed by atoms with Crippen LogP contribution in [-0.4, -0.2) is 11.6 Å². The molecule has 112 valence electrons. The van der Waals surface area contributed by atoms with E-state index in [2.05, 4.69) is 45.1 Å². The molecule has 1 N–H and O–H groups in total. The van der Waals surface area contributed by atoms with Crippen molar-refractivity contribution in [3.05, 3.63) is 0 Å². The van der Waals surface area contributed by atoms with Crippen molar-refractivity contribution in [2.45, 2.75) is 79.6 Å². The Morgan fingerprint density at radius 1 is 0.947 bits per heavy atom. The standard InChI is InChI=1S/C16H32N2O/c1-6-7-8-9-10-11-12-15(19)17-18-16(13(2)3)14(4)5/h13-14H,6-12H2,1-5H3,(H,17,19). The summed E-state index contributed by atoms with van der Waals surface area (Å²) in [6, 6.07) is 0. The molecule has 0 aliphatic heterocycles. The lowest BCUT2D eigenvalue weighted by atomic mass is 9.98. The average molecular weight is 268 g/mol. The van der Waals surface area contributed by atoms with E-state index in [9.17, 15) is 4.79 Å². The average Bonchev–Trinajstić information content (AvgIpc) is 2.33. The van der Waals surface area contributed by atoms with Crippen LogP contribution >= 0.6 is 0 Å². The summed E-state index contributed by atoms with van der Waals surface area (Å²) in [6.45, 7) is 10.7. The van der Waals surface area contributed by atoms with Crippen LogP contribution in [-0.2, 0) is 4.79 Å². The minimum absolute atomic E-state index is 0.0503. The summed E-state index contributed by atoms with van der Waals surface area (Å²) < 4.78 is 0. The molecule has 0 saturated carbocycles. The highest BCUT2D eigenvalue weighted by atomic mass is 16.2. The van der Waals surface area contributed by atoms with E-state index in [1.54, 1.807) is 0 Å². The number of unbranched alkanes of at least 4 members (excludes halogenated alkanes) is 5. The largest absolute Gasteiger partial charge is 0.273 e. The maximum atomic E-state index is 11.7. The van der Waals surface area contributed by atoms with Crippen LogP contribution in [0.2, 0.25) is 0 Å². The number of carbonyl (C=O) groups is 1. The number of hydrogen-bond acceptors (Lipinski definition) is 2. The first kappa shape index (κ1) is 18.1. The molecule has 0 aromatic heterocycles. The molecular formula is C16H32N2O. The van der Waals surface area contributed by atoms with Gasteiger partial charge in [-0.2, -0.15) is 5.10 Å². The zero-order chi connectivity index (χ0) is 14.7. The molecule has 0 saturated heterocycles. The van der Waals surface area contributed by atoms with Crippen molar-refractivity contribution in [1.82, 2.24) is 5.43 Å². The zero-order valence-electron chi connectivity index (χ0n) is 13.5. The Bertz CT molecular complexity index is 260. The summed E-state index contributed by atoms with van der Waals surface area (Å²) in [4.78, 5) is 11.7. The van der Waals surface area contributed by atoms with E-state index in [0.29, 0.717) is 18.3 Å². The Balaban J connectivity index is 3.82. The lowest BCUT2D eigenvalue weighted by Crippen LogP contribution is -2.24. The van der Waals surface area contributed by atoms with Gasteiger partial charge in [0.05, 0.1) is 0 Å². The van der Waals surface area contributed by atoms with Crippen molar-refractivity contribution in [2.75, 3.05) is 0 Å². The van der Waals surface area contributed by atoms with Gasteiger partial charge in [-0.1, -0.05) is 66.7 Å². The maximum absolute atomic E-state index is 11.7. The lowest BCUT2D eigenvalue weighted by molar-refractivity contribution is -0.121. The molecule has 0 atom stereocenters. The normalized spacial score (nSPS) is 10.9. The van der Waals surface area contributed by atoms with Gasteiger partial charge in [0.2, 0.25) is 5.91 Å². The van der Waals surface area contributed by atoms with E-state index in [1.165, 1.54) is 25.7 Å². The monoisotopic (exact) mass is 268 g/mol. The summed E-state index contributed by atoms with van der Waals surface area (Å²) >= 11 is 0. The van der Waals surface area contributed by atoms with Crippen molar-refractivity contribution < 1.29 is 4.79 Å². The van der Waals surface area contributed by atoms with Crippen LogP contribution in [0.15, 0.2) is 5.10 Å². The van der Waals surface area contributed by atoms with E-state index in [1.807, 2.05) is 0 Å². The van der Waals surface area contributed by atoms with Gasteiger partial charge in [-0.05, 0) is 18.3 Å². The quantitative estimate of drug-likeness (QED) is 0.353. The molecule has 19 heavy (non-hydrogen) atoms. The van der Waals surface area contributed by atoms with Gasteiger partial charge in [-0.15, -0.1) is 0 Å². The molecule has 3 nitrogen and oxygen atoms in total. The van der Waals surface area contributed by atoms with Crippen LogP contribution in [0.25, 0.3) is 0 Å². The van der Waals surface area contributed by atoms with E-state index in [0.717, 1.165) is 18.6 Å². The lowest BCUT2D eigenvalue weighted by Gasteiger charge is -2.13. The van der Waals surface area contributed by atoms with E-state index in [4.69, 9.17) is 0 Å². The smallest absolute Gasteiger partial charge is 0.240 e. The van der Waals surface area contributed by atoms with Gasteiger partial charge in [0.15, 0.2) is 0 Å². The molecule has 0 heterocycles. The summed E-state index contributed by atoms with van der Waals surface area (Å²) in [7, 11) is 0. The molecule has 0 radical (unpaired) electrons. The second kappa shape index (κ2) is 11.0. The van der Waals surface area contributed by atoms with Crippen molar-refractivity contribution in [3.8, 4) is 0 Å². The first-order chi connectivity index (χ1) is 8.99. The highest BCUT2D eigenvalue weighted by Gasteiger charge is 2.10. The van der Waals surface area contributed by atoms with Crippen LogP contribution in [0.4, 0.5) is 0 Å². The van der Waals surface area contributed by atoms with Crippen LogP contribution in [0.3, 0.4) is 0 Å². The van der Waals surface area contributed by atoms with E-state index < -0.39 is 0 Å². The SMILES string of the molecule is CCCCCCCCC(=O)NN=C(C(C)C)C(C)C. The second-order valence-corrected chi connectivity index (χ2v) is 5.90. The summed E-state index contributed by atoms with van der Waals surface area (Å²) in [6.07, 6.45) is 7.83. The fraction of sp³-hybridized carbons (Fsp3) is 0.875. The number of nitrogens with one attached hydrogen (secondary N) is 1. The summed E-state index contributed by atoms with van der Waals surface area (Å²) in [5, 5.41) is 4.27. The summed E-state index contributed by atoms with van der Waals surface area (Å²) in [5.41, 5.74) is 3.76. The molecule has 0 rings (SSSR count). The maximum Gasteiger partial charge on any atom is 0.240 e. The molecule has 0 aromatic carbocycles. The molecular weight excluding hydrogens is 236 g/mol. The number of hydrazone groups is 1. The van der Waals surface area contributed by atoms with Gasteiger partial charge in [0, 0.05) is 12.1 Å². The second-order valence-electron chi connectivity index (χ2n) is 5.90. The first-order valence-corrected chi connectivity index (χ1v) is 7.85. The molecule has 0 unspecified atom stereocenters. The van der Waals surface area contributed by atoms with Gasteiger partial charge in [0.25, 0.3) is 0 Å². The highest BCUT2D eigenvalue weighted by molar-refractivity contribution is 5.89. The Hall–Kier alpha value is -0.860. The fourth-order valence-electron chi connectivity index (χ4n) is 2.17. The van der Waals surface area contributed by atoms with Crippen molar-refractivity contribution in [2.24, 2.45) is 16.9 Å². The number of hydrogen-bond donors (Lipinski definition) is 1. The van der Waals surface area contributed by atoms with E-state index >= 15 is 0 Å². The van der Waals surface area contributed by atoms with Crippen LogP contribution in [0.5, 0.6) is 0 Å². The zero-order valence-corrected chi connectivity index (χ0v) is 13.5. The number of carbonyl (C=O) groups excluding carboxylic acids is 1. The van der Waals surface area contributed by atoms with Gasteiger partial charge in [-0.3, -0.25) is 4.79 Å². The Kier molecular flexibility index (Phi) is 10.5. The summed E-state index contributed by atoms with van der Waals surface area (Å²) in [5.74, 6) is 0.818. The molecule has 0 aromatic rings. The van der Waals surface area contributed by atoms with Crippen LogP contribution in [0, 0.1) is 11.8 Å². The Morgan fingerprint density at radius 2 is 1.47 bits per heavy atom.